The lowest BCUT2D eigenvalue weighted by Crippen LogP contribution is -2.17. The van der Waals surface area contributed by atoms with Crippen LogP contribution in [0.3, 0.4) is 0 Å². The molecule has 19 heavy (non-hydrogen) atoms. The molecule has 1 aliphatic heterocycles. The molecule has 2 aromatic rings. The Labute approximate surface area is 113 Å². The fraction of sp³-hybridized carbons (Fsp3) is 0.312. The number of aromatic nitrogens is 1. The van der Waals surface area contributed by atoms with E-state index in [1.165, 1.54) is 17.5 Å². The van der Waals surface area contributed by atoms with E-state index in [1.54, 1.807) is 7.11 Å². The highest BCUT2D eigenvalue weighted by molar-refractivity contribution is 5.29. The van der Waals surface area contributed by atoms with Crippen LogP contribution in [0.5, 0.6) is 5.88 Å². The van der Waals surface area contributed by atoms with Crippen LogP contribution >= 0.6 is 0 Å². The second-order valence-electron chi connectivity index (χ2n) is 4.87. The first-order valence-corrected chi connectivity index (χ1v) is 6.67. The molecule has 0 amide bonds. The van der Waals surface area contributed by atoms with Gasteiger partial charge in [0.1, 0.15) is 0 Å². The lowest BCUT2D eigenvalue weighted by Gasteiger charge is -2.20. The molecular weight excluding hydrogens is 236 g/mol. The molecule has 1 aliphatic rings. The Balaban J connectivity index is 1.86. The van der Waals surface area contributed by atoms with Gasteiger partial charge in [0.05, 0.1) is 7.11 Å². The second kappa shape index (κ2) is 5.41. The summed E-state index contributed by atoms with van der Waals surface area (Å²) < 4.78 is 5.11. The third-order valence-electron chi connectivity index (χ3n) is 3.78. The summed E-state index contributed by atoms with van der Waals surface area (Å²) in [4.78, 5) is 4.31. The summed E-state index contributed by atoms with van der Waals surface area (Å²) in [7, 11) is 1.64. The lowest BCUT2D eigenvalue weighted by molar-refractivity contribution is 0.397. The first kappa shape index (κ1) is 12.2. The van der Waals surface area contributed by atoms with Crippen LogP contribution in [0.25, 0.3) is 0 Å². The van der Waals surface area contributed by atoms with Crippen molar-refractivity contribution in [2.75, 3.05) is 13.7 Å². The van der Waals surface area contributed by atoms with Crippen LogP contribution in [0.2, 0.25) is 0 Å². The van der Waals surface area contributed by atoms with Crippen LogP contribution in [-0.4, -0.2) is 18.6 Å². The lowest BCUT2D eigenvalue weighted by atomic mass is 9.88. The van der Waals surface area contributed by atoms with Crippen LogP contribution < -0.4 is 10.1 Å². The monoisotopic (exact) mass is 254 g/mol. The van der Waals surface area contributed by atoms with Gasteiger partial charge in [-0.05, 0) is 24.1 Å². The number of pyridine rings is 1. The number of ether oxygens (including phenoxy) is 1. The summed E-state index contributed by atoms with van der Waals surface area (Å²) in [6, 6.07) is 15.1. The van der Waals surface area contributed by atoms with E-state index in [2.05, 4.69) is 46.7 Å². The summed E-state index contributed by atoms with van der Waals surface area (Å²) in [5, 5.41) is 3.58. The van der Waals surface area contributed by atoms with E-state index in [-0.39, 0.29) is 0 Å². The van der Waals surface area contributed by atoms with E-state index in [0.717, 1.165) is 6.54 Å². The Morgan fingerprint density at radius 1 is 1.11 bits per heavy atom. The number of nitrogens with zero attached hydrogens (tertiary/aromatic N) is 1. The fourth-order valence-electron chi connectivity index (χ4n) is 2.81. The fourth-order valence-corrected chi connectivity index (χ4v) is 2.81. The van der Waals surface area contributed by atoms with E-state index in [4.69, 9.17) is 4.74 Å². The molecule has 0 spiro atoms. The van der Waals surface area contributed by atoms with Gasteiger partial charge in [0.25, 0.3) is 0 Å². The van der Waals surface area contributed by atoms with Crippen molar-refractivity contribution in [3.63, 3.8) is 0 Å². The van der Waals surface area contributed by atoms with Gasteiger partial charge >= 0.3 is 0 Å². The van der Waals surface area contributed by atoms with Crippen LogP contribution in [0.4, 0.5) is 0 Å². The van der Waals surface area contributed by atoms with Gasteiger partial charge < -0.3 is 10.1 Å². The van der Waals surface area contributed by atoms with Crippen molar-refractivity contribution in [3.8, 4) is 5.88 Å². The first-order chi connectivity index (χ1) is 9.38. The van der Waals surface area contributed by atoms with E-state index >= 15 is 0 Å². The number of hydrogen-bond acceptors (Lipinski definition) is 3. The maximum atomic E-state index is 5.11. The van der Waals surface area contributed by atoms with E-state index in [0.29, 0.717) is 17.8 Å². The number of hydrogen-bond donors (Lipinski definition) is 1. The van der Waals surface area contributed by atoms with Gasteiger partial charge in [0.2, 0.25) is 5.88 Å². The van der Waals surface area contributed by atoms with Crippen LogP contribution in [0, 0.1) is 0 Å². The molecule has 1 aromatic carbocycles. The van der Waals surface area contributed by atoms with Crippen molar-refractivity contribution in [2.24, 2.45) is 0 Å². The van der Waals surface area contributed by atoms with E-state index in [1.807, 2.05) is 12.3 Å². The third kappa shape index (κ3) is 2.47. The van der Waals surface area contributed by atoms with Crippen molar-refractivity contribution in [3.05, 3.63) is 59.8 Å². The van der Waals surface area contributed by atoms with Gasteiger partial charge in [-0.25, -0.2) is 4.98 Å². The average Bonchev–Trinajstić information content (AvgIpc) is 2.98. The molecule has 0 aliphatic carbocycles. The summed E-state index contributed by atoms with van der Waals surface area (Å²) in [6.07, 6.45) is 3.08. The zero-order valence-corrected chi connectivity index (χ0v) is 11.0. The molecule has 3 nitrogen and oxygen atoms in total. The normalized spacial score (nSPS) is 22.4. The Kier molecular flexibility index (Phi) is 3.47. The number of nitrogens with one attached hydrogen (secondary N) is 1. The molecule has 0 saturated carbocycles. The van der Waals surface area contributed by atoms with E-state index in [9.17, 15) is 0 Å². The smallest absolute Gasteiger partial charge is 0.212 e. The maximum Gasteiger partial charge on any atom is 0.212 e. The molecule has 0 bridgehead atoms. The summed E-state index contributed by atoms with van der Waals surface area (Å²) in [6.45, 7) is 1.05. The van der Waals surface area contributed by atoms with Crippen molar-refractivity contribution >= 4 is 0 Å². The van der Waals surface area contributed by atoms with Crippen molar-refractivity contribution in [2.45, 2.75) is 18.4 Å². The SMILES string of the molecule is COc1ccc(C2NCCC2c2ccccc2)cn1. The predicted molar refractivity (Wildman–Crippen MR) is 75.3 cm³/mol. The minimum Gasteiger partial charge on any atom is -0.481 e. The molecule has 3 heteroatoms. The zero-order valence-electron chi connectivity index (χ0n) is 11.0. The highest BCUT2D eigenvalue weighted by Gasteiger charge is 2.29. The Bertz CT molecular complexity index is 524. The van der Waals surface area contributed by atoms with Crippen molar-refractivity contribution < 1.29 is 4.74 Å². The van der Waals surface area contributed by atoms with Gasteiger partial charge in [-0.15, -0.1) is 0 Å². The zero-order chi connectivity index (χ0) is 13.1. The van der Waals surface area contributed by atoms with Gasteiger partial charge in [-0.3, -0.25) is 0 Å². The molecule has 2 heterocycles. The molecule has 3 rings (SSSR count). The van der Waals surface area contributed by atoms with Crippen molar-refractivity contribution in [1.82, 2.24) is 10.3 Å². The number of methoxy groups -OCH3 is 1. The largest absolute Gasteiger partial charge is 0.481 e. The van der Waals surface area contributed by atoms with Crippen molar-refractivity contribution in [1.29, 1.82) is 0 Å². The van der Waals surface area contributed by atoms with E-state index < -0.39 is 0 Å². The second-order valence-corrected chi connectivity index (χ2v) is 4.87. The first-order valence-electron chi connectivity index (χ1n) is 6.67. The van der Waals surface area contributed by atoms with Gasteiger partial charge in [0, 0.05) is 24.2 Å². The molecule has 2 unspecified atom stereocenters. The molecule has 2 atom stereocenters. The molecule has 0 radical (unpaired) electrons. The molecule has 1 N–H and O–H groups in total. The Hall–Kier alpha value is -1.87. The Morgan fingerprint density at radius 3 is 2.63 bits per heavy atom. The topological polar surface area (TPSA) is 34.1 Å². The average molecular weight is 254 g/mol. The predicted octanol–water partition coefficient (Wildman–Crippen LogP) is 2.91. The van der Waals surface area contributed by atoms with Gasteiger partial charge in [0.15, 0.2) is 0 Å². The quantitative estimate of drug-likeness (QED) is 0.914. The highest BCUT2D eigenvalue weighted by atomic mass is 16.5. The maximum absolute atomic E-state index is 5.11. The third-order valence-corrected chi connectivity index (χ3v) is 3.78. The molecule has 1 saturated heterocycles. The van der Waals surface area contributed by atoms with Crippen LogP contribution in [0.15, 0.2) is 48.7 Å². The molecule has 98 valence electrons. The number of benzene rings is 1. The van der Waals surface area contributed by atoms with Crippen LogP contribution in [0.1, 0.15) is 29.5 Å². The summed E-state index contributed by atoms with van der Waals surface area (Å²) in [5.41, 5.74) is 2.63. The minimum absolute atomic E-state index is 0.348. The molecular formula is C16H18N2O. The number of rotatable bonds is 3. The van der Waals surface area contributed by atoms with Gasteiger partial charge in [-0.1, -0.05) is 36.4 Å². The van der Waals surface area contributed by atoms with Gasteiger partial charge in [-0.2, -0.15) is 0 Å². The molecule has 1 aromatic heterocycles. The van der Waals surface area contributed by atoms with Crippen LogP contribution in [-0.2, 0) is 0 Å². The minimum atomic E-state index is 0.348. The Morgan fingerprint density at radius 2 is 1.95 bits per heavy atom. The highest BCUT2D eigenvalue weighted by Crippen LogP contribution is 2.37. The summed E-state index contributed by atoms with van der Waals surface area (Å²) >= 11 is 0. The standard InChI is InChI=1S/C16H18N2O/c1-19-15-8-7-13(11-18-15)16-14(9-10-17-16)12-5-3-2-4-6-12/h2-8,11,14,16-17H,9-10H2,1H3. The summed E-state index contributed by atoms with van der Waals surface area (Å²) in [5.74, 6) is 1.19. The molecule has 1 fully saturated rings.